The van der Waals surface area contributed by atoms with Crippen molar-refractivity contribution in [3.63, 3.8) is 0 Å². The molecular weight excluding hydrogens is 1130 g/mol. The number of carbonyl (C=O) groups excluding carboxylic acids is 4. The predicted octanol–water partition coefficient (Wildman–Crippen LogP) is 0.654. The van der Waals surface area contributed by atoms with Gasteiger partial charge in [0, 0.05) is 82.5 Å². The van der Waals surface area contributed by atoms with Gasteiger partial charge in [0.25, 0.3) is 6.47 Å². The van der Waals surface area contributed by atoms with Crippen LogP contribution in [-0.2, 0) is 51.2 Å². The summed E-state index contributed by atoms with van der Waals surface area (Å²) in [7, 11) is 0. The van der Waals surface area contributed by atoms with Gasteiger partial charge >= 0.3 is 121 Å². The van der Waals surface area contributed by atoms with Gasteiger partial charge in [-0.25, -0.2) is 14.4 Å². The molecule has 3 aromatic carbocycles. The number of hydrogen-bond donors (Lipinski definition) is 1. The minimum Gasteiger partial charge on any atom is -1.00 e. The van der Waals surface area contributed by atoms with Crippen molar-refractivity contribution in [2.24, 2.45) is 0 Å². The van der Waals surface area contributed by atoms with E-state index in [2.05, 4.69) is 40.0 Å². The number of aryl methyl sites for hydroxylation is 2. The summed E-state index contributed by atoms with van der Waals surface area (Å²) in [5.41, 5.74) is 6.77. The van der Waals surface area contributed by atoms with Crippen molar-refractivity contribution in [2.45, 2.75) is 53.1 Å². The molecule has 21 nitrogen and oxygen atoms in total. The van der Waals surface area contributed by atoms with Crippen LogP contribution in [0.2, 0.25) is 0 Å². The van der Waals surface area contributed by atoms with Gasteiger partial charge in [-0.1, -0.05) is 91.0 Å². The average molecular weight is 1210 g/mol. The molecule has 0 bridgehead atoms. The minimum atomic E-state index is -0.378. The maximum atomic E-state index is 12.3. The molecule has 0 saturated carbocycles. The summed E-state index contributed by atoms with van der Waals surface area (Å²) in [6.07, 6.45) is 3.01. The number of H-pyrrole nitrogens is 1. The van der Waals surface area contributed by atoms with Crippen LogP contribution in [0.15, 0.2) is 109 Å². The first kappa shape index (κ1) is 72.7. The average Bonchev–Trinajstić information content (AvgIpc) is 4.47. The normalized spacial score (nSPS) is 14.1. The number of morpholine rings is 3. The minimum absolute atomic E-state index is 0. The number of halogens is 1. The van der Waals surface area contributed by atoms with Gasteiger partial charge in [-0.05, 0) is 70.3 Å². The van der Waals surface area contributed by atoms with Crippen LogP contribution >= 0.6 is 11.6 Å². The molecule has 1 N–H and O–H groups in total. The number of hydrogen-bond acceptors (Lipinski definition) is 18. The fourth-order valence-corrected chi connectivity index (χ4v) is 8.60. The molecule has 436 valence electrons. The van der Waals surface area contributed by atoms with Crippen LogP contribution in [0.1, 0.15) is 72.9 Å². The van der Waals surface area contributed by atoms with E-state index in [1.54, 1.807) is 24.6 Å². The number of nitrogens with one attached hydrogen (secondary N) is 1. The van der Waals surface area contributed by atoms with Crippen molar-refractivity contribution in [1.29, 1.82) is 0 Å². The van der Waals surface area contributed by atoms with E-state index in [4.69, 9.17) is 50.1 Å². The number of aromatic nitrogens is 6. The zero-order valence-corrected chi connectivity index (χ0v) is 55.3. The fourth-order valence-electron chi connectivity index (χ4n) is 8.48. The quantitative estimate of drug-likeness (QED) is 0.0198. The van der Waals surface area contributed by atoms with E-state index in [-0.39, 0.29) is 129 Å². The summed E-state index contributed by atoms with van der Waals surface area (Å²) in [5.74, 6) is -0.287. The molecule has 6 aromatic rings. The van der Waals surface area contributed by atoms with Crippen LogP contribution in [0, 0.1) is 0 Å². The number of aromatic amines is 1. The number of alkyl halides is 1. The Kier molecular flexibility index (Phi) is 39.0. The zero-order chi connectivity index (χ0) is 57.0. The number of nitrogens with zero attached hydrogens (tertiary/aromatic N) is 8. The van der Waals surface area contributed by atoms with Gasteiger partial charge in [0.15, 0.2) is 5.69 Å². The van der Waals surface area contributed by atoms with E-state index in [1.165, 1.54) is 0 Å². The fraction of sp³-hybridized carbons (Fsp3) is 0.466. The van der Waals surface area contributed by atoms with Crippen LogP contribution in [0.3, 0.4) is 0 Å². The van der Waals surface area contributed by atoms with Gasteiger partial charge in [0.2, 0.25) is 0 Å². The Morgan fingerprint density at radius 1 is 0.573 bits per heavy atom. The Labute approximate surface area is 573 Å². The Morgan fingerprint density at radius 2 is 1.00 bits per heavy atom. The SMILES string of the molecule is CCOC(=O)c1cc(-c2ccccc2)n(CCCN2CCOCC2)n1.CCOC(=O)c1cc(-c2ccccc2)n[nH]1.CCOC(=O)c1cc(-c2ccccc2)nn1CCCN1CCOCC1.ClCCCN1CCOCC1.O=CO[O-].[H-].[K+].[K+]. The molecule has 82 heavy (non-hydrogen) atoms. The molecule has 6 heterocycles. The van der Waals surface area contributed by atoms with Crippen LogP contribution in [0.4, 0.5) is 0 Å². The predicted molar refractivity (Wildman–Crippen MR) is 302 cm³/mol. The van der Waals surface area contributed by atoms with E-state index in [0.29, 0.717) is 43.4 Å². The number of carbonyl (C=O) groups is 4. The molecule has 0 aliphatic carbocycles. The first-order valence-corrected chi connectivity index (χ1v) is 27.8. The number of esters is 3. The van der Waals surface area contributed by atoms with Crippen molar-refractivity contribution >= 4 is 36.0 Å². The smallest absolute Gasteiger partial charge is 1.00 e. The summed E-state index contributed by atoms with van der Waals surface area (Å²) < 4.78 is 34.8. The van der Waals surface area contributed by atoms with Gasteiger partial charge in [0.05, 0.1) is 76.5 Å². The molecule has 3 saturated heterocycles. The number of rotatable bonds is 21. The molecule has 24 heteroatoms. The number of benzene rings is 3. The Hall–Kier alpha value is -3.55. The van der Waals surface area contributed by atoms with Crippen molar-refractivity contribution in [2.75, 3.05) is 124 Å². The van der Waals surface area contributed by atoms with Crippen molar-refractivity contribution < 1.29 is 162 Å². The van der Waals surface area contributed by atoms with E-state index in [0.717, 1.165) is 164 Å². The van der Waals surface area contributed by atoms with Gasteiger partial charge in [-0.2, -0.15) is 15.3 Å². The third-order valence-corrected chi connectivity index (χ3v) is 12.7. The first-order chi connectivity index (χ1) is 39.2. The molecule has 0 amide bonds. The first-order valence-electron chi connectivity index (χ1n) is 27.3. The van der Waals surface area contributed by atoms with Gasteiger partial charge < -0.3 is 40.0 Å². The summed E-state index contributed by atoms with van der Waals surface area (Å²) in [6, 6.07) is 34.9. The summed E-state index contributed by atoms with van der Waals surface area (Å²) in [4.78, 5) is 54.1. The zero-order valence-electron chi connectivity index (χ0n) is 49.3. The van der Waals surface area contributed by atoms with Crippen molar-refractivity contribution in [1.82, 2.24) is 44.5 Å². The second kappa shape index (κ2) is 44.0. The Balaban J connectivity index is 0.000000381. The second-order valence-corrected chi connectivity index (χ2v) is 18.4. The van der Waals surface area contributed by atoms with Crippen molar-refractivity contribution in [3.8, 4) is 33.8 Å². The molecule has 3 aliphatic rings. The van der Waals surface area contributed by atoms with E-state index >= 15 is 0 Å². The molecule has 0 radical (unpaired) electrons. The molecule has 3 aliphatic heterocycles. The molecule has 0 spiro atoms. The summed E-state index contributed by atoms with van der Waals surface area (Å²) in [6.45, 7) is 21.9. The van der Waals surface area contributed by atoms with E-state index in [1.807, 2.05) is 115 Å². The number of ether oxygens (including phenoxy) is 6. The molecular formula is C58H78ClK2N9O12. The standard InChI is InChI=1S/2C19H25N3O3.C12H12N2O2.C7H14ClNO.CH2O3.2K.H/c1-2-25-19(23)17-15-18(16-7-4-3-5-8-16)22(20-17)10-6-9-21-11-13-24-14-12-21;1-2-25-19(23)18-15-17(16-7-4-3-5-8-16)20-22(18)10-6-9-21-11-13-24-14-12-21;1-2-16-12(15)11-8-10(13-14-11)9-6-4-3-5-7-9;8-2-1-3-9-4-6-10-7-5-9;2-1-4-3;;;/h2*3-5,7-8,15H,2,6,9-14H2,1H3;3-8H,2H2,1H3,(H,13,14);1-7H2;1,3H;;;/q;;;;;2*+1;-1/p-1. The maximum Gasteiger partial charge on any atom is 1.00 e. The second-order valence-electron chi connectivity index (χ2n) is 18.0. The van der Waals surface area contributed by atoms with Gasteiger partial charge in [0.1, 0.15) is 11.4 Å². The molecule has 9 rings (SSSR count). The summed E-state index contributed by atoms with van der Waals surface area (Å²) >= 11 is 5.56. The van der Waals surface area contributed by atoms with Crippen LogP contribution in [0.25, 0.3) is 33.8 Å². The Morgan fingerprint density at radius 3 is 1.46 bits per heavy atom. The van der Waals surface area contributed by atoms with E-state index < -0.39 is 0 Å². The third kappa shape index (κ3) is 26.8. The largest absolute Gasteiger partial charge is 1.00 e. The third-order valence-electron chi connectivity index (χ3n) is 12.5. The van der Waals surface area contributed by atoms with Crippen LogP contribution < -0.4 is 108 Å². The van der Waals surface area contributed by atoms with Gasteiger partial charge in [-0.15, -0.1) is 11.6 Å². The van der Waals surface area contributed by atoms with Crippen LogP contribution in [0.5, 0.6) is 0 Å². The van der Waals surface area contributed by atoms with E-state index in [9.17, 15) is 14.4 Å². The van der Waals surface area contributed by atoms with Crippen LogP contribution in [-0.4, -0.2) is 193 Å². The summed E-state index contributed by atoms with van der Waals surface area (Å²) in [5, 5.41) is 24.3. The Bertz CT molecular complexity index is 2660. The molecule has 3 aromatic heterocycles. The van der Waals surface area contributed by atoms with Crippen molar-refractivity contribution in [3.05, 3.63) is 126 Å². The molecule has 3 fully saturated rings. The maximum absolute atomic E-state index is 12.3. The topological polar surface area (TPSA) is 230 Å². The monoisotopic (exact) mass is 1210 g/mol. The molecule has 0 unspecified atom stereocenters. The van der Waals surface area contributed by atoms with Gasteiger partial charge in [-0.3, -0.25) is 34.0 Å². The molecule has 0 atom stereocenters.